The van der Waals surface area contributed by atoms with Crippen molar-refractivity contribution in [2.45, 2.75) is 45.6 Å². The Morgan fingerprint density at radius 3 is 2.70 bits per heavy atom. The lowest BCUT2D eigenvalue weighted by Gasteiger charge is -2.25. The highest BCUT2D eigenvalue weighted by Gasteiger charge is 2.19. The zero-order valence-corrected chi connectivity index (χ0v) is 12.6. The van der Waals surface area contributed by atoms with E-state index in [2.05, 4.69) is 5.32 Å². The zero-order valence-electron chi connectivity index (χ0n) is 12.6. The molecule has 4 nitrogen and oxygen atoms in total. The number of amides is 1. The Morgan fingerprint density at radius 1 is 1.35 bits per heavy atom. The molecule has 4 heteroatoms. The Kier molecular flexibility index (Phi) is 6.52. The first-order chi connectivity index (χ1) is 9.44. The summed E-state index contributed by atoms with van der Waals surface area (Å²) in [5.41, 5.74) is 0.740. The number of carbonyl (C=O) groups excluding carboxylic acids is 1. The number of hydrogen-bond donors (Lipinski definition) is 2. The molecule has 0 radical (unpaired) electrons. The highest BCUT2D eigenvalue weighted by atomic mass is 16.5. The lowest BCUT2D eigenvalue weighted by Crippen LogP contribution is -2.44. The largest absolute Gasteiger partial charge is 0.493 e. The first-order valence-electron chi connectivity index (χ1n) is 7.05. The van der Waals surface area contributed by atoms with Gasteiger partial charge in [0.1, 0.15) is 5.75 Å². The SMILES string of the molecule is Cc1ccccc1OCCCC(=O)NC(C)(C)CCO. The smallest absolute Gasteiger partial charge is 0.220 e. The minimum absolute atomic E-state index is 0.00293. The molecule has 0 aliphatic heterocycles. The number of carbonyl (C=O) groups is 1. The van der Waals surface area contributed by atoms with Gasteiger partial charge in [-0.3, -0.25) is 4.79 Å². The van der Waals surface area contributed by atoms with E-state index in [0.29, 0.717) is 25.9 Å². The quantitative estimate of drug-likeness (QED) is 0.719. The van der Waals surface area contributed by atoms with Crippen molar-refractivity contribution < 1.29 is 14.6 Å². The van der Waals surface area contributed by atoms with E-state index in [9.17, 15) is 4.79 Å². The van der Waals surface area contributed by atoms with Crippen LogP contribution in [0.5, 0.6) is 5.75 Å². The predicted molar refractivity (Wildman–Crippen MR) is 79.8 cm³/mol. The van der Waals surface area contributed by atoms with E-state index in [0.717, 1.165) is 11.3 Å². The van der Waals surface area contributed by atoms with Gasteiger partial charge in [0.25, 0.3) is 0 Å². The van der Waals surface area contributed by atoms with Crippen molar-refractivity contribution in [1.82, 2.24) is 5.32 Å². The number of aryl methyl sites for hydroxylation is 1. The van der Waals surface area contributed by atoms with Crippen molar-refractivity contribution in [3.8, 4) is 5.75 Å². The first kappa shape index (κ1) is 16.5. The number of nitrogens with one attached hydrogen (secondary N) is 1. The van der Waals surface area contributed by atoms with Gasteiger partial charge in [0, 0.05) is 18.6 Å². The predicted octanol–water partition coefficient (Wildman–Crippen LogP) is 2.43. The Balaban J connectivity index is 2.24. The fourth-order valence-corrected chi connectivity index (χ4v) is 1.92. The monoisotopic (exact) mass is 279 g/mol. The third-order valence-corrected chi connectivity index (χ3v) is 3.11. The molecule has 0 spiro atoms. The van der Waals surface area contributed by atoms with E-state index in [1.54, 1.807) is 0 Å². The fourth-order valence-electron chi connectivity index (χ4n) is 1.92. The summed E-state index contributed by atoms with van der Waals surface area (Å²) in [6, 6.07) is 7.84. The molecule has 20 heavy (non-hydrogen) atoms. The minimum atomic E-state index is -0.358. The molecule has 112 valence electrons. The second-order valence-electron chi connectivity index (χ2n) is 5.62. The van der Waals surface area contributed by atoms with Crippen molar-refractivity contribution in [1.29, 1.82) is 0 Å². The van der Waals surface area contributed by atoms with Crippen LogP contribution in [0.4, 0.5) is 0 Å². The Hall–Kier alpha value is -1.55. The zero-order chi connectivity index (χ0) is 15.0. The molecule has 0 atom stereocenters. The third-order valence-electron chi connectivity index (χ3n) is 3.11. The number of aliphatic hydroxyl groups is 1. The second-order valence-corrected chi connectivity index (χ2v) is 5.62. The lowest BCUT2D eigenvalue weighted by molar-refractivity contribution is -0.123. The summed E-state index contributed by atoms with van der Waals surface area (Å²) in [6.45, 7) is 6.41. The highest BCUT2D eigenvalue weighted by Crippen LogP contribution is 2.16. The molecule has 1 amide bonds. The van der Waals surface area contributed by atoms with Gasteiger partial charge >= 0.3 is 0 Å². The maximum atomic E-state index is 11.8. The van der Waals surface area contributed by atoms with E-state index in [4.69, 9.17) is 9.84 Å². The van der Waals surface area contributed by atoms with Crippen LogP contribution in [-0.4, -0.2) is 29.8 Å². The molecule has 2 N–H and O–H groups in total. The maximum absolute atomic E-state index is 11.8. The van der Waals surface area contributed by atoms with Gasteiger partial charge in [-0.1, -0.05) is 18.2 Å². The molecule has 0 fully saturated rings. The second kappa shape index (κ2) is 7.90. The Labute approximate surface area is 121 Å². The molecule has 1 aromatic carbocycles. The molecule has 0 saturated carbocycles. The summed E-state index contributed by atoms with van der Waals surface area (Å²) in [5.74, 6) is 0.866. The van der Waals surface area contributed by atoms with Gasteiger partial charge in [-0.2, -0.15) is 0 Å². The topological polar surface area (TPSA) is 58.6 Å². The maximum Gasteiger partial charge on any atom is 0.220 e. The van der Waals surface area contributed by atoms with Gasteiger partial charge in [0.15, 0.2) is 0 Å². The minimum Gasteiger partial charge on any atom is -0.493 e. The normalized spacial score (nSPS) is 11.2. The molecule has 0 aliphatic rings. The summed E-state index contributed by atoms with van der Waals surface area (Å²) in [4.78, 5) is 11.8. The Bertz CT molecular complexity index is 429. The average Bonchev–Trinajstić information content (AvgIpc) is 2.35. The number of aliphatic hydroxyl groups excluding tert-OH is 1. The van der Waals surface area contributed by atoms with Crippen LogP contribution in [0.15, 0.2) is 24.3 Å². The van der Waals surface area contributed by atoms with Gasteiger partial charge < -0.3 is 15.2 Å². The summed E-state index contributed by atoms with van der Waals surface area (Å²) in [5, 5.41) is 11.8. The highest BCUT2D eigenvalue weighted by molar-refractivity contribution is 5.76. The molecule has 0 bridgehead atoms. The van der Waals surface area contributed by atoms with Gasteiger partial charge in [-0.05, 0) is 45.2 Å². The molecule has 0 aromatic heterocycles. The van der Waals surface area contributed by atoms with Crippen LogP contribution in [0.1, 0.15) is 38.7 Å². The average molecular weight is 279 g/mol. The van der Waals surface area contributed by atoms with Crippen molar-refractivity contribution in [3.63, 3.8) is 0 Å². The molecule has 0 aliphatic carbocycles. The van der Waals surface area contributed by atoms with Crippen molar-refractivity contribution in [2.24, 2.45) is 0 Å². The summed E-state index contributed by atoms with van der Waals surface area (Å²) in [6.07, 6.45) is 1.66. The fraction of sp³-hybridized carbons (Fsp3) is 0.562. The molecule has 0 unspecified atom stereocenters. The van der Waals surface area contributed by atoms with E-state index in [1.807, 2.05) is 45.0 Å². The van der Waals surface area contributed by atoms with Gasteiger partial charge in [-0.25, -0.2) is 0 Å². The van der Waals surface area contributed by atoms with Crippen LogP contribution in [0, 0.1) is 6.92 Å². The molecule has 1 rings (SSSR count). The molecule has 0 heterocycles. The van der Waals surface area contributed by atoms with Gasteiger partial charge in [0.05, 0.1) is 6.61 Å². The number of hydrogen-bond acceptors (Lipinski definition) is 3. The van der Waals surface area contributed by atoms with Crippen LogP contribution in [-0.2, 0) is 4.79 Å². The van der Waals surface area contributed by atoms with E-state index in [-0.39, 0.29) is 18.1 Å². The number of para-hydroxylation sites is 1. The first-order valence-corrected chi connectivity index (χ1v) is 7.05. The van der Waals surface area contributed by atoms with Crippen LogP contribution >= 0.6 is 0 Å². The lowest BCUT2D eigenvalue weighted by atomic mass is 10.0. The molecule has 0 saturated heterocycles. The number of rotatable bonds is 8. The molecular formula is C16H25NO3. The van der Waals surface area contributed by atoms with Gasteiger partial charge in [0.2, 0.25) is 5.91 Å². The number of benzene rings is 1. The van der Waals surface area contributed by atoms with Crippen LogP contribution < -0.4 is 10.1 Å². The standard InChI is InChI=1S/C16H25NO3/c1-13-7-4-5-8-14(13)20-12-6-9-15(19)17-16(2,3)10-11-18/h4-5,7-8,18H,6,9-12H2,1-3H3,(H,17,19). The van der Waals surface area contributed by atoms with Crippen molar-refractivity contribution >= 4 is 5.91 Å². The van der Waals surface area contributed by atoms with E-state index >= 15 is 0 Å². The van der Waals surface area contributed by atoms with Crippen LogP contribution in [0.3, 0.4) is 0 Å². The molecular weight excluding hydrogens is 254 g/mol. The third kappa shape index (κ3) is 6.06. The van der Waals surface area contributed by atoms with Crippen LogP contribution in [0.25, 0.3) is 0 Å². The van der Waals surface area contributed by atoms with Crippen LogP contribution in [0.2, 0.25) is 0 Å². The van der Waals surface area contributed by atoms with E-state index < -0.39 is 0 Å². The Morgan fingerprint density at radius 2 is 2.05 bits per heavy atom. The number of ether oxygens (including phenoxy) is 1. The van der Waals surface area contributed by atoms with Crippen molar-refractivity contribution in [3.05, 3.63) is 29.8 Å². The summed E-state index contributed by atoms with van der Waals surface area (Å²) in [7, 11) is 0. The van der Waals surface area contributed by atoms with E-state index in [1.165, 1.54) is 0 Å². The summed E-state index contributed by atoms with van der Waals surface area (Å²) < 4.78 is 5.64. The summed E-state index contributed by atoms with van der Waals surface area (Å²) >= 11 is 0. The molecule has 1 aromatic rings. The van der Waals surface area contributed by atoms with Gasteiger partial charge in [-0.15, -0.1) is 0 Å². The van der Waals surface area contributed by atoms with Crippen molar-refractivity contribution in [2.75, 3.05) is 13.2 Å².